The van der Waals surface area contributed by atoms with Crippen LogP contribution >= 0.6 is 0 Å². The molecule has 0 aliphatic heterocycles. The first-order valence-electron chi connectivity index (χ1n) is 7.80. The quantitative estimate of drug-likeness (QED) is 0.756. The maximum atomic E-state index is 5.87. The summed E-state index contributed by atoms with van der Waals surface area (Å²) in [6.45, 7) is 4.74. The molecule has 4 heteroatoms. The fraction of sp³-hybridized carbons (Fsp3) is 0.471. The minimum Gasteiger partial charge on any atom is -0.487 e. The molecule has 112 valence electrons. The second-order valence-corrected chi connectivity index (χ2v) is 5.63. The molecule has 1 aliphatic carbocycles. The smallest absolute Gasteiger partial charge is 0.130 e. The van der Waals surface area contributed by atoms with E-state index in [2.05, 4.69) is 33.9 Å². The Labute approximate surface area is 126 Å². The number of benzene rings is 1. The SMILES string of the molecule is CCCNCc1ccc(OCc2cncn2C2CC2)cc1. The van der Waals surface area contributed by atoms with Gasteiger partial charge in [-0.25, -0.2) is 4.98 Å². The second kappa shape index (κ2) is 6.76. The number of hydrogen-bond donors (Lipinski definition) is 1. The molecule has 2 aromatic rings. The molecule has 4 nitrogen and oxygen atoms in total. The zero-order chi connectivity index (χ0) is 14.5. The first-order valence-corrected chi connectivity index (χ1v) is 7.80. The molecule has 1 heterocycles. The first kappa shape index (κ1) is 14.1. The number of nitrogens with zero attached hydrogens (tertiary/aromatic N) is 2. The molecule has 0 unspecified atom stereocenters. The average Bonchev–Trinajstić information content (AvgIpc) is 3.25. The van der Waals surface area contributed by atoms with Crippen molar-refractivity contribution < 1.29 is 4.74 Å². The van der Waals surface area contributed by atoms with Gasteiger partial charge in [0.15, 0.2) is 0 Å². The van der Waals surface area contributed by atoms with Gasteiger partial charge in [-0.05, 0) is 43.5 Å². The van der Waals surface area contributed by atoms with Crippen LogP contribution in [0.25, 0.3) is 0 Å². The summed E-state index contributed by atoms with van der Waals surface area (Å²) in [5, 5.41) is 3.40. The van der Waals surface area contributed by atoms with Crippen molar-refractivity contribution in [2.75, 3.05) is 6.54 Å². The summed E-state index contributed by atoms with van der Waals surface area (Å²) < 4.78 is 8.11. The number of nitrogens with one attached hydrogen (secondary N) is 1. The van der Waals surface area contributed by atoms with E-state index < -0.39 is 0 Å². The Morgan fingerprint density at radius 1 is 1.29 bits per heavy atom. The van der Waals surface area contributed by atoms with Crippen LogP contribution in [0.4, 0.5) is 0 Å². The van der Waals surface area contributed by atoms with E-state index in [1.54, 1.807) is 0 Å². The van der Waals surface area contributed by atoms with Gasteiger partial charge < -0.3 is 14.6 Å². The second-order valence-electron chi connectivity index (χ2n) is 5.63. The molecule has 0 saturated heterocycles. The molecule has 3 rings (SSSR count). The van der Waals surface area contributed by atoms with Crippen LogP contribution in [0.2, 0.25) is 0 Å². The van der Waals surface area contributed by atoms with Crippen LogP contribution in [0.5, 0.6) is 5.75 Å². The lowest BCUT2D eigenvalue weighted by molar-refractivity contribution is 0.295. The van der Waals surface area contributed by atoms with Crippen molar-refractivity contribution >= 4 is 0 Å². The largest absolute Gasteiger partial charge is 0.487 e. The molecule has 1 aromatic heterocycles. The van der Waals surface area contributed by atoms with E-state index in [9.17, 15) is 0 Å². The predicted molar refractivity (Wildman–Crippen MR) is 83.3 cm³/mol. The lowest BCUT2D eigenvalue weighted by Gasteiger charge is -2.09. The summed E-state index contributed by atoms with van der Waals surface area (Å²) >= 11 is 0. The summed E-state index contributed by atoms with van der Waals surface area (Å²) in [7, 11) is 0. The fourth-order valence-electron chi connectivity index (χ4n) is 2.40. The van der Waals surface area contributed by atoms with Crippen molar-refractivity contribution in [1.82, 2.24) is 14.9 Å². The van der Waals surface area contributed by atoms with Gasteiger partial charge in [-0.15, -0.1) is 0 Å². The molecular formula is C17H23N3O. The highest BCUT2D eigenvalue weighted by atomic mass is 16.5. The van der Waals surface area contributed by atoms with Crippen molar-refractivity contribution in [2.24, 2.45) is 0 Å². The maximum Gasteiger partial charge on any atom is 0.130 e. The molecule has 1 aromatic carbocycles. The minimum atomic E-state index is 0.587. The Morgan fingerprint density at radius 3 is 2.81 bits per heavy atom. The van der Waals surface area contributed by atoms with Crippen molar-refractivity contribution in [1.29, 1.82) is 0 Å². The van der Waals surface area contributed by atoms with Crippen LogP contribution in [-0.2, 0) is 13.2 Å². The summed E-state index contributed by atoms with van der Waals surface area (Å²) in [6, 6.07) is 8.98. The van der Waals surface area contributed by atoms with E-state index >= 15 is 0 Å². The summed E-state index contributed by atoms with van der Waals surface area (Å²) in [6.07, 6.45) is 7.52. The van der Waals surface area contributed by atoms with Crippen molar-refractivity contribution in [3.8, 4) is 5.75 Å². The van der Waals surface area contributed by atoms with Crippen LogP contribution in [-0.4, -0.2) is 16.1 Å². The highest BCUT2D eigenvalue weighted by Crippen LogP contribution is 2.35. The van der Waals surface area contributed by atoms with Gasteiger partial charge in [0.1, 0.15) is 12.4 Å². The van der Waals surface area contributed by atoms with Gasteiger partial charge >= 0.3 is 0 Å². The Bertz CT molecular complexity index is 558. The van der Waals surface area contributed by atoms with Gasteiger partial charge in [-0.3, -0.25) is 0 Å². The van der Waals surface area contributed by atoms with Crippen LogP contribution in [0.1, 0.15) is 43.5 Å². The van der Waals surface area contributed by atoms with Gasteiger partial charge in [0.25, 0.3) is 0 Å². The lowest BCUT2D eigenvalue weighted by atomic mass is 10.2. The van der Waals surface area contributed by atoms with Crippen molar-refractivity contribution in [2.45, 2.75) is 45.4 Å². The van der Waals surface area contributed by atoms with Gasteiger partial charge in [0, 0.05) is 12.6 Å². The molecule has 0 atom stereocenters. The Kier molecular flexibility index (Phi) is 4.55. The standard InChI is InChI=1S/C17H23N3O/c1-2-9-18-10-14-3-7-17(8-4-14)21-12-16-11-19-13-20(16)15-5-6-15/h3-4,7-8,11,13,15,18H,2,5-6,9-10,12H2,1H3. The topological polar surface area (TPSA) is 39.1 Å². The van der Waals surface area contributed by atoms with Crippen molar-refractivity contribution in [3.05, 3.63) is 48.0 Å². The van der Waals surface area contributed by atoms with Gasteiger partial charge in [0.2, 0.25) is 0 Å². The van der Waals surface area contributed by atoms with E-state index in [0.29, 0.717) is 12.6 Å². The molecule has 21 heavy (non-hydrogen) atoms. The van der Waals surface area contributed by atoms with Crippen LogP contribution in [0.3, 0.4) is 0 Å². The number of aromatic nitrogens is 2. The van der Waals surface area contributed by atoms with Gasteiger partial charge in [0.05, 0.1) is 18.2 Å². The monoisotopic (exact) mass is 285 g/mol. The summed E-state index contributed by atoms with van der Waals surface area (Å²) in [5.74, 6) is 0.915. The zero-order valence-corrected chi connectivity index (χ0v) is 12.6. The molecule has 1 fully saturated rings. The third-order valence-corrected chi connectivity index (χ3v) is 3.75. The fourth-order valence-corrected chi connectivity index (χ4v) is 2.40. The average molecular weight is 285 g/mol. The van der Waals surface area contributed by atoms with E-state index in [0.717, 1.165) is 31.0 Å². The van der Waals surface area contributed by atoms with Crippen LogP contribution in [0, 0.1) is 0 Å². The van der Waals surface area contributed by atoms with E-state index in [-0.39, 0.29) is 0 Å². The van der Waals surface area contributed by atoms with Crippen molar-refractivity contribution in [3.63, 3.8) is 0 Å². The molecule has 1 N–H and O–H groups in total. The number of imidazole rings is 1. The lowest BCUT2D eigenvalue weighted by Crippen LogP contribution is -2.13. The van der Waals surface area contributed by atoms with E-state index in [1.807, 2.05) is 24.7 Å². The van der Waals surface area contributed by atoms with E-state index in [4.69, 9.17) is 4.74 Å². The normalized spacial score (nSPS) is 14.3. The molecule has 0 bridgehead atoms. The number of hydrogen-bond acceptors (Lipinski definition) is 3. The first-order chi connectivity index (χ1) is 10.4. The predicted octanol–water partition coefficient (Wildman–Crippen LogP) is 3.30. The summed E-state index contributed by atoms with van der Waals surface area (Å²) in [4.78, 5) is 4.23. The Hall–Kier alpha value is -1.81. The van der Waals surface area contributed by atoms with E-state index in [1.165, 1.54) is 18.4 Å². The Morgan fingerprint density at radius 2 is 2.10 bits per heavy atom. The van der Waals surface area contributed by atoms with Crippen LogP contribution < -0.4 is 10.1 Å². The third kappa shape index (κ3) is 3.85. The van der Waals surface area contributed by atoms with Gasteiger partial charge in [-0.1, -0.05) is 19.1 Å². The number of ether oxygens (including phenoxy) is 1. The maximum absolute atomic E-state index is 5.87. The molecule has 0 radical (unpaired) electrons. The molecular weight excluding hydrogens is 262 g/mol. The third-order valence-electron chi connectivity index (χ3n) is 3.75. The molecule has 0 spiro atoms. The molecule has 1 aliphatic rings. The minimum absolute atomic E-state index is 0.587. The summed E-state index contributed by atoms with van der Waals surface area (Å²) in [5.41, 5.74) is 2.45. The zero-order valence-electron chi connectivity index (χ0n) is 12.6. The highest BCUT2D eigenvalue weighted by Gasteiger charge is 2.25. The number of rotatable bonds is 8. The Balaban J connectivity index is 1.51. The van der Waals surface area contributed by atoms with Gasteiger partial charge in [-0.2, -0.15) is 0 Å². The van der Waals surface area contributed by atoms with Crippen LogP contribution in [0.15, 0.2) is 36.8 Å². The molecule has 1 saturated carbocycles. The molecule has 0 amide bonds. The highest BCUT2D eigenvalue weighted by molar-refractivity contribution is 5.27.